The Kier molecular flexibility index (Phi) is 15.5. The number of rotatable bonds is 21. The van der Waals surface area contributed by atoms with Gasteiger partial charge >= 0.3 is 13.6 Å². The Morgan fingerprint density at radius 3 is 2.44 bits per heavy atom. The summed E-state index contributed by atoms with van der Waals surface area (Å²) in [4.78, 5) is 30.9. The van der Waals surface area contributed by atoms with E-state index in [9.17, 15) is 27.2 Å². The fourth-order valence-corrected chi connectivity index (χ4v) is 9.26. The van der Waals surface area contributed by atoms with Gasteiger partial charge in [-0.25, -0.2) is 0 Å². The van der Waals surface area contributed by atoms with Crippen molar-refractivity contribution >= 4 is 53.6 Å². The minimum atomic E-state index is -4.51. The molecule has 2 aliphatic rings. The highest BCUT2D eigenvalue weighted by atomic mass is 32.2. The summed E-state index contributed by atoms with van der Waals surface area (Å²) < 4.78 is 55.7. The minimum absolute atomic E-state index is 0.0209. The highest BCUT2D eigenvalue weighted by Crippen LogP contribution is 2.54. The topological polar surface area (TPSA) is 145 Å². The summed E-state index contributed by atoms with van der Waals surface area (Å²) >= 11 is 3.62. The molecule has 2 unspecified atom stereocenters. The maximum absolute atomic E-state index is 13.3. The van der Waals surface area contributed by atoms with Crippen LogP contribution in [0.4, 0.5) is 11.4 Å². The lowest BCUT2D eigenvalue weighted by Gasteiger charge is -2.31. The number of hydrogen-bond donors (Lipinski definition) is 4. The number of benzene rings is 2. The van der Waals surface area contributed by atoms with Gasteiger partial charge in [-0.2, -0.15) is 13.0 Å². The maximum atomic E-state index is 13.3. The van der Waals surface area contributed by atoms with Gasteiger partial charge in [0.05, 0.1) is 23.1 Å². The largest absolute Gasteiger partial charge is 0.360 e. The SMILES string of the molecule is CCCCC[N+]1=C(/C=C/C=C/C=C2\N(CCCC)c3ccc(S(=O)(=O)O)cc3C2(C)CCP(=O)(O)OCCCCC(=O)ONS)C(C)(C)c2ccccc21. The number of hydrogen-bond acceptors (Lipinski definition) is 9. The smallest absolute Gasteiger partial charge is 0.328 e. The summed E-state index contributed by atoms with van der Waals surface area (Å²) in [6.45, 7) is 12.3. The molecule has 0 saturated carbocycles. The molecule has 0 fully saturated rings. The first-order valence-corrected chi connectivity index (χ1v) is 22.5. The Morgan fingerprint density at radius 2 is 1.74 bits per heavy atom. The average molecular weight is 803 g/mol. The Hall–Kier alpha value is -3.03. The van der Waals surface area contributed by atoms with Crippen LogP contribution in [-0.2, 0) is 39.7 Å². The Balaban J connectivity index is 1.65. The number of nitrogens with one attached hydrogen (secondary N) is 1. The molecule has 11 nitrogen and oxygen atoms in total. The molecule has 296 valence electrons. The fourth-order valence-electron chi connectivity index (χ4n) is 7.38. The number of carbonyl (C=O) groups is 1. The molecule has 0 spiro atoms. The van der Waals surface area contributed by atoms with Crippen molar-refractivity contribution in [3.05, 3.63) is 89.7 Å². The summed E-state index contributed by atoms with van der Waals surface area (Å²) in [5.41, 5.74) is 4.98. The van der Waals surface area contributed by atoms with Crippen LogP contribution in [0, 0.1) is 0 Å². The molecular formula is C40H57N3O8PS2+. The lowest BCUT2D eigenvalue weighted by atomic mass is 9.79. The van der Waals surface area contributed by atoms with Gasteiger partial charge in [0.2, 0.25) is 5.69 Å². The standard InChI is InChI=1S/C40H56N3O8PS2/c1-6-8-16-27-42-34-19-14-13-18-32(34)39(3,4)36(42)20-11-10-12-21-37-40(5,25-29-52(45,46)50-28-17-15-22-38(44)51-41-53)33-30-31(54(47,48)49)23-24-35(33)43(37)26-9-7-2/h10-14,18-21,23-24,30,41,53H,6-9,15-17,22,25-29H2,1-5H3,(H-,45,46,47,48,49)/p+1. The van der Waals surface area contributed by atoms with E-state index in [0.29, 0.717) is 24.9 Å². The highest BCUT2D eigenvalue weighted by molar-refractivity contribution is 7.85. The third kappa shape index (κ3) is 10.6. The van der Waals surface area contributed by atoms with E-state index >= 15 is 0 Å². The fraction of sp³-hybridized carbons (Fsp3) is 0.500. The highest BCUT2D eigenvalue weighted by Gasteiger charge is 2.45. The van der Waals surface area contributed by atoms with E-state index in [-0.39, 0.29) is 35.9 Å². The van der Waals surface area contributed by atoms with Gasteiger partial charge in [-0.3, -0.25) is 13.9 Å². The molecule has 2 aromatic carbocycles. The minimum Gasteiger partial charge on any atom is -0.360 e. The van der Waals surface area contributed by atoms with Crippen LogP contribution in [0.2, 0.25) is 0 Å². The normalized spacial score (nSPS) is 19.9. The molecule has 2 aromatic rings. The number of allylic oxidation sites excluding steroid dienone is 6. The van der Waals surface area contributed by atoms with Gasteiger partial charge in [0, 0.05) is 53.9 Å². The second-order valence-corrected chi connectivity index (χ2v) is 18.2. The van der Waals surface area contributed by atoms with Gasteiger partial charge in [0.1, 0.15) is 6.54 Å². The van der Waals surface area contributed by atoms with Crippen LogP contribution in [0.15, 0.2) is 83.4 Å². The first-order chi connectivity index (χ1) is 25.6. The summed E-state index contributed by atoms with van der Waals surface area (Å²) in [5.74, 6) is -0.498. The zero-order valence-corrected chi connectivity index (χ0v) is 34.8. The van der Waals surface area contributed by atoms with Crippen molar-refractivity contribution in [3.8, 4) is 0 Å². The molecule has 2 heterocycles. The molecule has 2 atom stereocenters. The van der Waals surface area contributed by atoms with Crippen LogP contribution >= 0.6 is 20.4 Å². The van der Waals surface area contributed by atoms with Gasteiger partial charge in [-0.1, -0.05) is 80.8 Å². The number of para-hydroxylation sites is 1. The monoisotopic (exact) mass is 802 g/mol. The van der Waals surface area contributed by atoms with E-state index in [1.54, 1.807) is 6.07 Å². The molecule has 0 aromatic heterocycles. The van der Waals surface area contributed by atoms with Crippen LogP contribution in [-0.4, -0.2) is 60.0 Å². The number of thiol groups is 1. The van der Waals surface area contributed by atoms with Gasteiger partial charge in [-0.15, -0.1) is 0 Å². The average Bonchev–Trinajstić information content (AvgIpc) is 3.48. The number of fused-ring (bicyclic) bond motifs is 2. The molecule has 14 heteroatoms. The summed E-state index contributed by atoms with van der Waals surface area (Å²) in [6, 6.07) is 13.1. The summed E-state index contributed by atoms with van der Waals surface area (Å²) in [5, 5.41) is 0. The van der Waals surface area contributed by atoms with Gasteiger partial charge in [0.25, 0.3) is 10.1 Å². The zero-order valence-electron chi connectivity index (χ0n) is 32.2. The second-order valence-electron chi connectivity index (χ2n) is 14.6. The molecule has 0 radical (unpaired) electrons. The zero-order chi connectivity index (χ0) is 39.6. The first kappa shape index (κ1) is 43.7. The van der Waals surface area contributed by atoms with Crippen molar-refractivity contribution in [2.75, 3.05) is 30.8 Å². The van der Waals surface area contributed by atoms with Crippen LogP contribution in [0.3, 0.4) is 0 Å². The molecule has 0 amide bonds. The molecule has 0 saturated heterocycles. The second kappa shape index (κ2) is 19.2. The molecule has 0 aliphatic carbocycles. The lowest BCUT2D eigenvalue weighted by molar-refractivity contribution is -0.438. The quantitative estimate of drug-likeness (QED) is 0.0184. The van der Waals surface area contributed by atoms with E-state index in [4.69, 9.17) is 4.52 Å². The first-order valence-electron chi connectivity index (χ1n) is 18.9. The van der Waals surface area contributed by atoms with Crippen LogP contribution in [0.25, 0.3) is 0 Å². The van der Waals surface area contributed by atoms with E-state index in [2.05, 4.69) is 85.2 Å². The van der Waals surface area contributed by atoms with Gasteiger partial charge in [0.15, 0.2) is 5.71 Å². The van der Waals surface area contributed by atoms with Crippen molar-refractivity contribution in [1.29, 1.82) is 0 Å². The van der Waals surface area contributed by atoms with Crippen LogP contribution < -0.4 is 9.79 Å². The van der Waals surface area contributed by atoms with Crippen molar-refractivity contribution < 1.29 is 41.2 Å². The molecule has 0 bridgehead atoms. The number of unbranched alkanes of at least 4 members (excludes halogenated alkanes) is 4. The predicted molar refractivity (Wildman–Crippen MR) is 218 cm³/mol. The Bertz CT molecular complexity index is 1920. The third-order valence-corrected chi connectivity index (χ3v) is 12.7. The summed E-state index contributed by atoms with van der Waals surface area (Å²) in [7, 11) is -8.59. The maximum Gasteiger partial charge on any atom is 0.328 e. The predicted octanol–water partition coefficient (Wildman–Crippen LogP) is 8.73. The Morgan fingerprint density at radius 1 is 1.00 bits per heavy atom. The number of carbonyl (C=O) groups excluding carboxylic acids is 1. The number of anilines is 1. The van der Waals surface area contributed by atoms with Gasteiger partial charge in [-0.05, 0) is 82.7 Å². The van der Waals surface area contributed by atoms with E-state index < -0.39 is 29.1 Å². The molecule has 3 N–H and O–H groups in total. The third-order valence-electron chi connectivity index (χ3n) is 10.4. The molecular weight excluding hydrogens is 746 g/mol. The molecule has 54 heavy (non-hydrogen) atoms. The van der Waals surface area contributed by atoms with Gasteiger partial charge < -0.3 is 19.2 Å². The number of nitrogens with zero attached hydrogens (tertiary/aromatic N) is 2. The van der Waals surface area contributed by atoms with Crippen molar-refractivity contribution in [2.45, 2.75) is 108 Å². The van der Waals surface area contributed by atoms with E-state index in [1.165, 1.54) is 29.1 Å². The Labute approximate surface area is 327 Å². The van der Waals surface area contributed by atoms with E-state index in [0.717, 1.165) is 50.0 Å². The lowest BCUT2D eigenvalue weighted by Crippen LogP contribution is -2.30. The van der Waals surface area contributed by atoms with Crippen molar-refractivity contribution in [1.82, 2.24) is 4.89 Å². The van der Waals surface area contributed by atoms with Crippen molar-refractivity contribution in [3.63, 3.8) is 0 Å². The molecule has 4 rings (SSSR count). The van der Waals surface area contributed by atoms with Crippen LogP contribution in [0.1, 0.15) is 104 Å². The van der Waals surface area contributed by atoms with E-state index in [1.807, 2.05) is 36.1 Å². The molecule has 2 aliphatic heterocycles. The van der Waals surface area contributed by atoms with Crippen molar-refractivity contribution in [2.24, 2.45) is 0 Å². The van der Waals surface area contributed by atoms with Crippen LogP contribution in [0.5, 0.6) is 0 Å². The summed E-state index contributed by atoms with van der Waals surface area (Å²) in [6.07, 6.45) is 16.2.